The predicted molar refractivity (Wildman–Crippen MR) is 79.0 cm³/mol. The third-order valence-electron chi connectivity index (χ3n) is 3.11. The standard InChI is InChI=1S/C15H24N2O3/c1-3-13(11-18)17-15(19)16-9-5-7-12-6-4-8-14(10-12)20-2/h4,6,8,10,13,18H,3,5,7,9,11H2,1-2H3,(H2,16,17,19). The number of methoxy groups -OCH3 is 1. The summed E-state index contributed by atoms with van der Waals surface area (Å²) in [4.78, 5) is 11.5. The number of urea groups is 1. The molecule has 0 radical (unpaired) electrons. The van der Waals surface area contributed by atoms with E-state index in [4.69, 9.17) is 9.84 Å². The molecule has 1 rings (SSSR count). The third-order valence-corrected chi connectivity index (χ3v) is 3.11. The van der Waals surface area contributed by atoms with Crippen molar-refractivity contribution in [2.45, 2.75) is 32.2 Å². The molecular weight excluding hydrogens is 256 g/mol. The number of nitrogens with one attached hydrogen (secondary N) is 2. The van der Waals surface area contributed by atoms with Crippen LogP contribution in [0.2, 0.25) is 0 Å². The van der Waals surface area contributed by atoms with Crippen LogP contribution in [0.25, 0.3) is 0 Å². The van der Waals surface area contributed by atoms with Gasteiger partial charge in [-0.15, -0.1) is 0 Å². The Labute approximate surface area is 120 Å². The van der Waals surface area contributed by atoms with Crippen LogP contribution in [-0.4, -0.2) is 37.4 Å². The molecule has 3 N–H and O–H groups in total. The SMILES string of the molecule is CCC(CO)NC(=O)NCCCc1cccc(OC)c1. The zero-order valence-corrected chi connectivity index (χ0v) is 12.2. The lowest BCUT2D eigenvalue weighted by molar-refractivity contribution is 0.214. The van der Waals surface area contributed by atoms with Gasteiger partial charge in [0.1, 0.15) is 5.75 Å². The largest absolute Gasteiger partial charge is 0.497 e. The van der Waals surface area contributed by atoms with Crippen LogP contribution in [0.4, 0.5) is 4.79 Å². The van der Waals surface area contributed by atoms with Crippen LogP contribution in [0, 0.1) is 0 Å². The number of ether oxygens (including phenoxy) is 1. The summed E-state index contributed by atoms with van der Waals surface area (Å²) in [6.45, 7) is 2.49. The molecule has 1 atom stereocenters. The Balaban J connectivity index is 2.22. The Kier molecular flexibility index (Phi) is 7.50. The number of rotatable bonds is 8. The van der Waals surface area contributed by atoms with E-state index < -0.39 is 0 Å². The normalized spacial score (nSPS) is 11.8. The summed E-state index contributed by atoms with van der Waals surface area (Å²) in [5.41, 5.74) is 1.19. The molecule has 1 unspecified atom stereocenters. The quantitative estimate of drug-likeness (QED) is 0.635. The number of carbonyl (C=O) groups excluding carboxylic acids is 1. The van der Waals surface area contributed by atoms with E-state index in [0.29, 0.717) is 13.0 Å². The molecule has 0 aliphatic heterocycles. The summed E-state index contributed by atoms with van der Waals surface area (Å²) in [6, 6.07) is 7.52. The second-order valence-electron chi connectivity index (χ2n) is 4.64. The zero-order valence-electron chi connectivity index (χ0n) is 12.2. The lowest BCUT2D eigenvalue weighted by Gasteiger charge is -2.14. The number of aliphatic hydroxyl groups is 1. The van der Waals surface area contributed by atoms with Gasteiger partial charge in [0.2, 0.25) is 0 Å². The number of hydrogen-bond acceptors (Lipinski definition) is 3. The number of aryl methyl sites for hydroxylation is 1. The van der Waals surface area contributed by atoms with Crippen LogP contribution in [0.15, 0.2) is 24.3 Å². The van der Waals surface area contributed by atoms with E-state index in [1.165, 1.54) is 5.56 Å². The average Bonchev–Trinajstić information content (AvgIpc) is 2.49. The highest BCUT2D eigenvalue weighted by atomic mass is 16.5. The average molecular weight is 280 g/mol. The molecule has 20 heavy (non-hydrogen) atoms. The highest BCUT2D eigenvalue weighted by Crippen LogP contribution is 2.13. The molecule has 0 spiro atoms. The lowest BCUT2D eigenvalue weighted by atomic mass is 10.1. The molecule has 5 nitrogen and oxygen atoms in total. The summed E-state index contributed by atoms with van der Waals surface area (Å²) in [5.74, 6) is 0.849. The molecule has 0 bridgehead atoms. The third kappa shape index (κ3) is 5.93. The minimum atomic E-state index is -0.225. The highest BCUT2D eigenvalue weighted by molar-refractivity contribution is 5.74. The van der Waals surface area contributed by atoms with E-state index >= 15 is 0 Å². The molecule has 0 saturated carbocycles. The summed E-state index contributed by atoms with van der Waals surface area (Å²) < 4.78 is 5.16. The number of benzene rings is 1. The van der Waals surface area contributed by atoms with Crippen LogP contribution in [0.1, 0.15) is 25.3 Å². The Hall–Kier alpha value is -1.75. The Morgan fingerprint density at radius 1 is 1.45 bits per heavy atom. The van der Waals surface area contributed by atoms with Gasteiger partial charge in [-0.25, -0.2) is 4.79 Å². The maximum absolute atomic E-state index is 11.5. The molecule has 0 aliphatic rings. The topological polar surface area (TPSA) is 70.6 Å². The fraction of sp³-hybridized carbons (Fsp3) is 0.533. The minimum absolute atomic E-state index is 0.0340. The van der Waals surface area contributed by atoms with Crippen molar-refractivity contribution in [2.75, 3.05) is 20.3 Å². The van der Waals surface area contributed by atoms with Crippen molar-refractivity contribution in [3.8, 4) is 5.75 Å². The van der Waals surface area contributed by atoms with Gasteiger partial charge in [0.05, 0.1) is 19.8 Å². The summed E-state index contributed by atoms with van der Waals surface area (Å²) in [7, 11) is 1.65. The maximum Gasteiger partial charge on any atom is 0.315 e. The van der Waals surface area contributed by atoms with Crippen LogP contribution in [-0.2, 0) is 6.42 Å². The minimum Gasteiger partial charge on any atom is -0.497 e. The first-order chi connectivity index (χ1) is 9.69. The summed E-state index contributed by atoms with van der Waals surface area (Å²) in [5, 5.41) is 14.5. The van der Waals surface area contributed by atoms with Crippen molar-refractivity contribution in [1.82, 2.24) is 10.6 Å². The molecule has 5 heteroatoms. The van der Waals surface area contributed by atoms with Crippen molar-refractivity contribution in [2.24, 2.45) is 0 Å². The molecule has 0 heterocycles. The van der Waals surface area contributed by atoms with E-state index in [2.05, 4.69) is 10.6 Å². The van der Waals surface area contributed by atoms with Gasteiger partial charge < -0.3 is 20.5 Å². The van der Waals surface area contributed by atoms with E-state index in [0.717, 1.165) is 18.6 Å². The smallest absolute Gasteiger partial charge is 0.315 e. The van der Waals surface area contributed by atoms with Gasteiger partial charge in [-0.2, -0.15) is 0 Å². The Bertz CT molecular complexity index is 406. The zero-order chi connectivity index (χ0) is 14.8. The number of amides is 2. The van der Waals surface area contributed by atoms with E-state index in [1.54, 1.807) is 7.11 Å². The van der Waals surface area contributed by atoms with Crippen molar-refractivity contribution >= 4 is 6.03 Å². The van der Waals surface area contributed by atoms with Crippen molar-refractivity contribution in [3.05, 3.63) is 29.8 Å². The Morgan fingerprint density at radius 3 is 2.90 bits per heavy atom. The van der Waals surface area contributed by atoms with Crippen LogP contribution in [0.3, 0.4) is 0 Å². The van der Waals surface area contributed by atoms with Crippen LogP contribution in [0.5, 0.6) is 5.75 Å². The number of carbonyl (C=O) groups is 1. The molecular formula is C15H24N2O3. The number of aliphatic hydroxyl groups excluding tert-OH is 1. The highest BCUT2D eigenvalue weighted by Gasteiger charge is 2.07. The molecule has 2 amide bonds. The van der Waals surface area contributed by atoms with E-state index in [9.17, 15) is 4.79 Å². The summed E-state index contributed by atoms with van der Waals surface area (Å²) >= 11 is 0. The van der Waals surface area contributed by atoms with Crippen molar-refractivity contribution in [3.63, 3.8) is 0 Å². The lowest BCUT2D eigenvalue weighted by Crippen LogP contribution is -2.43. The van der Waals surface area contributed by atoms with Gasteiger partial charge in [0.15, 0.2) is 0 Å². The molecule has 0 aliphatic carbocycles. The fourth-order valence-corrected chi connectivity index (χ4v) is 1.84. The van der Waals surface area contributed by atoms with E-state index in [1.807, 2.05) is 31.2 Å². The molecule has 1 aromatic carbocycles. The number of hydrogen-bond donors (Lipinski definition) is 3. The van der Waals surface area contributed by atoms with E-state index in [-0.39, 0.29) is 18.7 Å². The van der Waals surface area contributed by atoms with Crippen molar-refractivity contribution < 1.29 is 14.6 Å². The van der Waals surface area contributed by atoms with Crippen LogP contribution < -0.4 is 15.4 Å². The monoisotopic (exact) mass is 280 g/mol. The first-order valence-electron chi connectivity index (χ1n) is 6.97. The molecule has 0 fully saturated rings. The van der Waals surface area contributed by atoms with Crippen LogP contribution >= 0.6 is 0 Å². The molecule has 1 aromatic rings. The van der Waals surface area contributed by atoms with Gasteiger partial charge in [-0.1, -0.05) is 19.1 Å². The van der Waals surface area contributed by atoms with Gasteiger partial charge >= 0.3 is 6.03 Å². The second-order valence-corrected chi connectivity index (χ2v) is 4.64. The van der Waals surface area contributed by atoms with Gasteiger partial charge in [0, 0.05) is 6.54 Å². The van der Waals surface area contributed by atoms with Gasteiger partial charge in [0.25, 0.3) is 0 Å². The van der Waals surface area contributed by atoms with Gasteiger partial charge in [-0.05, 0) is 37.0 Å². The summed E-state index contributed by atoms with van der Waals surface area (Å²) in [6.07, 6.45) is 2.46. The molecule has 0 saturated heterocycles. The second kappa shape index (κ2) is 9.20. The Morgan fingerprint density at radius 2 is 2.25 bits per heavy atom. The predicted octanol–water partition coefficient (Wildman–Crippen LogP) is 1.70. The van der Waals surface area contributed by atoms with Gasteiger partial charge in [-0.3, -0.25) is 0 Å². The molecule has 112 valence electrons. The maximum atomic E-state index is 11.5. The first kappa shape index (κ1) is 16.3. The fourth-order valence-electron chi connectivity index (χ4n) is 1.84. The van der Waals surface area contributed by atoms with Crippen molar-refractivity contribution in [1.29, 1.82) is 0 Å². The molecule has 0 aromatic heterocycles. The first-order valence-corrected chi connectivity index (χ1v) is 6.97.